The van der Waals surface area contributed by atoms with Gasteiger partial charge in [0.2, 0.25) is 0 Å². The van der Waals surface area contributed by atoms with E-state index in [1.165, 1.54) is 0 Å². The molecule has 8 nitrogen and oxygen atoms in total. The maximum Gasteiger partial charge on any atom is 0.271 e. The summed E-state index contributed by atoms with van der Waals surface area (Å²) >= 11 is 0. The lowest BCUT2D eigenvalue weighted by Crippen LogP contribution is -2.13. The van der Waals surface area contributed by atoms with E-state index in [1.54, 1.807) is 13.8 Å². The summed E-state index contributed by atoms with van der Waals surface area (Å²) in [6.45, 7) is 3.17. The number of aryl methyl sites for hydroxylation is 2. The van der Waals surface area contributed by atoms with Crippen LogP contribution in [0.2, 0.25) is 0 Å². The Bertz CT molecular complexity index is 673. The van der Waals surface area contributed by atoms with Crippen LogP contribution in [-0.2, 0) is 0 Å². The molecule has 0 bridgehead atoms. The van der Waals surface area contributed by atoms with Gasteiger partial charge < -0.3 is 14.9 Å². The lowest BCUT2D eigenvalue weighted by molar-refractivity contribution is -0.384. The molecule has 0 saturated heterocycles. The number of hydrogen-bond donors (Lipinski definition) is 2. The van der Waals surface area contributed by atoms with Crippen LogP contribution in [0.15, 0.2) is 22.7 Å². The average Bonchev–Trinajstić information content (AvgIpc) is 2.71. The topological polar surface area (TPSA) is 119 Å². The minimum atomic E-state index is -0.620. The van der Waals surface area contributed by atoms with Gasteiger partial charge in [0, 0.05) is 12.1 Å². The lowest BCUT2D eigenvalue weighted by Gasteiger charge is -2.06. The first-order valence-electron chi connectivity index (χ1n) is 5.61. The van der Waals surface area contributed by atoms with Gasteiger partial charge >= 0.3 is 0 Å². The quantitative estimate of drug-likeness (QED) is 0.504. The molecule has 2 rings (SSSR count). The maximum atomic E-state index is 12.1. The van der Waals surface area contributed by atoms with E-state index in [4.69, 9.17) is 4.52 Å². The van der Waals surface area contributed by atoms with E-state index in [0.29, 0.717) is 11.5 Å². The molecule has 2 aromatic rings. The zero-order valence-corrected chi connectivity index (χ0v) is 10.7. The van der Waals surface area contributed by atoms with Crippen molar-refractivity contribution in [2.45, 2.75) is 13.8 Å². The maximum absolute atomic E-state index is 12.1. The van der Waals surface area contributed by atoms with E-state index in [2.05, 4.69) is 10.5 Å². The Labute approximate surface area is 113 Å². The minimum Gasteiger partial charge on any atom is -0.506 e. The van der Waals surface area contributed by atoms with Crippen LogP contribution in [0.3, 0.4) is 0 Å². The van der Waals surface area contributed by atoms with Gasteiger partial charge in [-0.25, -0.2) is 0 Å². The molecular formula is C12H11N3O5. The largest absolute Gasteiger partial charge is 0.506 e. The summed E-state index contributed by atoms with van der Waals surface area (Å²) in [7, 11) is 0. The van der Waals surface area contributed by atoms with Crippen molar-refractivity contribution in [2.24, 2.45) is 0 Å². The van der Waals surface area contributed by atoms with E-state index >= 15 is 0 Å². The molecule has 0 atom stereocenters. The molecular weight excluding hydrogens is 266 g/mol. The number of benzene rings is 1. The average molecular weight is 277 g/mol. The third-order valence-corrected chi connectivity index (χ3v) is 2.70. The Morgan fingerprint density at radius 2 is 2.15 bits per heavy atom. The molecule has 1 amide bonds. The highest BCUT2D eigenvalue weighted by Gasteiger charge is 2.19. The number of aromatic nitrogens is 1. The van der Waals surface area contributed by atoms with Crippen LogP contribution in [0, 0.1) is 24.0 Å². The van der Waals surface area contributed by atoms with Crippen molar-refractivity contribution < 1.29 is 19.3 Å². The number of hydrogen-bond acceptors (Lipinski definition) is 6. The number of anilines is 1. The van der Waals surface area contributed by atoms with E-state index in [9.17, 15) is 20.0 Å². The Kier molecular flexibility index (Phi) is 3.38. The lowest BCUT2D eigenvalue weighted by atomic mass is 10.2. The molecule has 0 aliphatic heterocycles. The van der Waals surface area contributed by atoms with Crippen molar-refractivity contribution in [3.8, 4) is 5.75 Å². The van der Waals surface area contributed by atoms with Gasteiger partial charge in [0.1, 0.15) is 17.1 Å². The molecule has 0 aliphatic rings. The van der Waals surface area contributed by atoms with Gasteiger partial charge in [0.25, 0.3) is 11.6 Å². The molecule has 0 unspecified atom stereocenters. The van der Waals surface area contributed by atoms with E-state index < -0.39 is 10.8 Å². The van der Waals surface area contributed by atoms with Gasteiger partial charge in [0.15, 0.2) is 0 Å². The number of amides is 1. The van der Waals surface area contributed by atoms with Crippen molar-refractivity contribution in [3.63, 3.8) is 0 Å². The molecule has 8 heteroatoms. The number of aromatic hydroxyl groups is 1. The number of non-ortho nitro benzene ring substituents is 1. The smallest absolute Gasteiger partial charge is 0.271 e. The van der Waals surface area contributed by atoms with Crippen LogP contribution in [0.5, 0.6) is 5.75 Å². The van der Waals surface area contributed by atoms with Gasteiger partial charge in [-0.1, -0.05) is 5.16 Å². The van der Waals surface area contributed by atoms with Crippen LogP contribution in [0.4, 0.5) is 11.4 Å². The molecule has 0 spiro atoms. The van der Waals surface area contributed by atoms with Crippen LogP contribution in [0.1, 0.15) is 21.8 Å². The van der Waals surface area contributed by atoms with Crippen LogP contribution in [0.25, 0.3) is 0 Å². The molecule has 0 saturated carbocycles. The molecule has 0 radical (unpaired) electrons. The summed E-state index contributed by atoms with van der Waals surface area (Å²) in [5, 5.41) is 26.3. The first-order valence-corrected chi connectivity index (χ1v) is 5.61. The summed E-state index contributed by atoms with van der Waals surface area (Å²) in [6, 6.07) is 3.35. The number of phenols is 1. The summed E-state index contributed by atoms with van der Waals surface area (Å²) in [6.07, 6.45) is 0. The fourth-order valence-corrected chi connectivity index (χ4v) is 1.73. The number of carbonyl (C=O) groups excluding carboxylic acids is 1. The first kappa shape index (κ1) is 13.5. The molecule has 1 aromatic carbocycles. The summed E-state index contributed by atoms with van der Waals surface area (Å²) in [5.74, 6) is -0.502. The van der Waals surface area contributed by atoms with Gasteiger partial charge in [0.05, 0.1) is 16.3 Å². The predicted molar refractivity (Wildman–Crippen MR) is 68.7 cm³/mol. The second kappa shape index (κ2) is 5.00. The van der Waals surface area contributed by atoms with Crippen molar-refractivity contribution >= 4 is 17.3 Å². The van der Waals surface area contributed by atoms with E-state index in [1.807, 2.05) is 0 Å². The number of rotatable bonds is 3. The fourth-order valence-electron chi connectivity index (χ4n) is 1.73. The molecule has 104 valence electrons. The van der Waals surface area contributed by atoms with Gasteiger partial charge in [-0.05, 0) is 19.9 Å². The summed E-state index contributed by atoms with van der Waals surface area (Å²) in [5.41, 5.74) is 0.335. The Morgan fingerprint density at radius 1 is 1.45 bits per heavy atom. The number of nitro groups is 1. The minimum absolute atomic E-state index is 0.0517. The SMILES string of the molecule is Cc1noc(C)c1C(=O)Nc1cc([N+](=O)[O-])ccc1O. The molecule has 0 aliphatic carbocycles. The highest BCUT2D eigenvalue weighted by molar-refractivity contribution is 6.06. The number of nitrogens with one attached hydrogen (secondary N) is 1. The number of nitrogens with zero attached hydrogens (tertiary/aromatic N) is 2. The summed E-state index contributed by atoms with van der Waals surface area (Å²) in [4.78, 5) is 22.1. The Morgan fingerprint density at radius 3 is 2.70 bits per heavy atom. The van der Waals surface area contributed by atoms with Crippen molar-refractivity contribution in [2.75, 3.05) is 5.32 Å². The predicted octanol–water partition coefficient (Wildman–Crippen LogP) is 2.16. The highest BCUT2D eigenvalue weighted by Crippen LogP contribution is 2.28. The third kappa shape index (κ3) is 2.44. The fraction of sp³-hybridized carbons (Fsp3) is 0.167. The van der Waals surface area contributed by atoms with Crippen LogP contribution < -0.4 is 5.32 Å². The number of phenolic OH excluding ortho intramolecular Hbond substituents is 1. The third-order valence-electron chi connectivity index (χ3n) is 2.70. The number of carbonyl (C=O) groups is 1. The van der Waals surface area contributed by atoms with Crippen molar-refractivity contribution in [1.29, 1.82) is 0 Å². The van der Waals surface area contributed by atoms with Gasteiger partial charge in [-0.15, -0.1) is 0 Å². The van der Waals surface area contributed by atoms with Crippen LogP contribution in [-0.4, -0.2) is 21.1 Å². The molecule has 0 fully saturated rings. The van der Waals surface area contributed by atoms with Gasteiger partial charge in [-0.3, -0.25) is 14.9 Å². The Balaban J connectivity index is 2.33. The molecule has 1 aromatic heterocycles. The number of nitro benzene ring substituents is 1. The molecule has 2 N–H and O–H groups in total. The monoisotopic (exact) mass is 277 g/mol. The zero-order valence-electron chi connectivity index (χ0n) is 10.7. The first-order chi connectivity index (χ1) is 9.40. The van der Waals surface area contributed by atoms with Crippen molar-refractivity contribution in [3.05, 3.63) is 45.3 Å². The standard InChI is InChI=1S/C12H11N3O5/c1-6-11(7(2)20-14-6)12(17)13-9-5-8(15(18)19)3-4-10(9)16/h3-5,16H,1-2H3,(H,13,17). The van der Waals surface area contributed by atoms with Gasteiger partial charge in [-0.2, -0.15) is 0 Å². The second-order valence-corrected chi connectivity index (χ2v) is 4.11. The summed E-state index contributed by atoms with van der Waals surface area (Å²) < 4.78 is 4.86. The highest BCUT2D eigenvalue weighted by atomic mass is 16.6. The molecule has 1 heterocycles. The van der Waals surface area contributed by atoms with Crippen LogP contribution >= 0.6 is 0 Å². The van der Waals surface area contributed by atoms with E-state index in [-0.39, 0.29) is 22.7 Å². The normalized spacial score (nSPS) is 10.3. The molecule has 20 heavy (non-hydrogen) atoms. The van der Waals surface area contributed by atoms with Crippen molar-refractivity contribution in [1.82, 2.24) is 5.16 Å². The second-order valence-electron chi connectivity index (χ2n) is 4.11. The van der Waals surface area contributed by atoms with E-state index in [0.717, 1.165) is 18.2 Å². The zero-order chi connectivity index (χ0) is 14.9. The Hall–Kier alpha value is -2.90.